The molecule has 1 heterocycles. The second-order valence-electron chi connectivity index (χ2n) is 6.90. The minimum Gasteiger partial charge on any atom is -0.479 e. The first-order chi connectivity index (χ1) is 8.14. The maximum atomic E-state index is 10.2. The van der Waals surface area contributed by atoms with E-state index >= 15 is 0 Å². The topological polar surface area (TPSA) is 62.1 Å². The van der Waals surface area contributed by atoms with Crippen molar-refractivity contribution in [1.29, 1.82) is 0 Å². The van der Waals surface area contributed by atoms with Crippen LogP contribution in [0.4, 0.5) is 0 Å². The molecule has 1 fully saturated rings. The fourth-order valence-corrected chi connectivity index (χ4v) is 2.76. The Kier molecular flexibility index (Phi) is 3.36. The Labute approximate surface area is 110 Å². The highest BCUT2D eigenvalue weighted by atomic mass is 28.4. The Morgan fingerprint density at radius 3 is 2.56 bits per heavy atom. The van der Waals surface area contributed by atoms with E-state index in [0.29, 0.717) is 6.61 Å². The van der Waals surface area contributed by atoms with Crippen molar-refractivity contribution in [1.82, 2.24) is 0 Å². The van der Waals surface area contributed by atoms with Crippen molar-refractivity contribution in [3.05, 3.63) is 0 Å². The molecule has 1 aliphatic heterocycles. The number of nitrogens with zero attached hydrogens (tertiary/aromatic N) is 1. The molecule has 18 heavy (non-hydrogen) atoms. The zero-order chi connectivity index (χ0) is 13.6. The van der Waals surface area contributed by atoms with Crippen LogP contribution in [0.15, 0.2) is 4.99 Å². The number of hydrogen-bond acceptors (Lipinski definition) is 4. The van der Waals surface area contributed by atoms with Gasteiger partial charge in [-0.15, -0.1) is 0 Å². The van der Waals surface area contributed by atoms with Crippen molar-refractivity contribution in [2.24, 2.45) is 4.99 Å². The predicted octanol–water partition coefficient (Wildman–Crippen LogP) is 2.07. The van der Waals surface area contributed by atoms with Gasteiger partial charge in [-0.1, -0.05) is 13.8 Å². The minimum atomic E-state index is -2.16. The molecule has 0 aromatic rings. The van der Waals surface area contributed by atoms with E-state index in [2.05, 4.69) is 18.8 Å². The quantitative estimate of drug-likeness (QED) is 0.752. The number of ether oxygens (including phenoxy) is 1. The molecule has 1 unspecified atom stereocenters. The summed E-state index contributed by atoms with van der Waals surface area (Å²) in [4.78, 5) is 14.7. The minimum absolute atomic E-state index is 0.0482. The lowest BCUT2D eigenvalue weighted by molar-refractivity contribution is 0.105. The summed E-state index contributed by atoms with van der Waals surface area (Å²) in [5.74, 6) is 0.756. The summed E-state index contributed by atoms with van der Waals surface area (Å²) in [5, 5.41) is 9.94. The summed E-state index contributed by atoms with van der Waals surface area (Å²) in [6.07, 6.45) is 3.34. The van der Waals surface area contributed by atoms with Gasteiger partial charge in [-0.2, -0.15) is 0 Å². The summed E-state index contributed by atoms with van der Waals surface area (Å²) in [5.41, 5.74) is -0.581. The van der Waals surface area contributed by atoms with Gasteiger partial charge in [0, 0.05) is 6.42 Å². The predicted molar refractivity (Wildman–Crippen MR) is 74.3 cm³/mol. The number of aliphatic hydroxyl groups is 1. The van der Waals surface area contributed by atoms with Crippen LogP contribution in [0.25, 0.3) is 0 Å². The first-order valence-electron chi connectivity index (χ1n) is 6.78. The van der Waals surface area contributed by atoms with E-state index in [-0.39, 0.29) is 11.1 Å². The van der Waals surface area contributed by atoms with Gasteiger partial charge in [0.2, 0.25) is 0 Å². The van der Waals surface area contributed by atoms with E-state index < -0.39 is 13.9 Å². The first kappa shape index (κ1) is 14.0. The Bertz CT molecular complexity index is 356. The maximum Gasteiger partial charge on any atom is 0.188 e. The van der Waals surface area contributed by atoms with Gasteiger partial charge >= 0.3 is 0 Å². The highest BCUT2D eigenvalue weighted by molar-refractivity contribution is 6.72. The summed E-state index contributed by atoms with van der Waals surface area (Å²) in [6.45, 7) is 8.69. The molecule has 0 radical (unpaired) electrons. The summed E-state index contributed by atoms with van der Waals surface area (Å²) in [7, 11) is -2.16. The van der Waals surface area contributed by atoms with Gasteiger partial charge in [-0.05, 0) is 37.4 Å². The molecule has 1 aliphatic carbocycles. The van der Waals surface area contributed by atoms with Crippen LogP contribution in [-0.4, -0.2) is 42.4 Å². The van der Waals surface area contributed by atoms with Crippen LogP contribution in [0, 0.1) is 0 Å². The van der Waals surface area contributed by atoms with Crippen molar-refractivity contribution < 1.29 is 14.6 Å². The van der Waals surface area contributed by atoms with Gasteiger partial charge < -0.3 is 14.6 Å². The van der Waals surface area contributed by atoms with Gasteiger partial charge in [0.25, 0.3) is 0 Å². The summed E-state index contributed by atoms with van der Waals surface area (Å²) in [6, 6.07) is -0.0602. The molecule has 0 spiro atoms. The van der Waals surface area contributed by atoms with E-state index in [1.54, 1.807) is 0 Å². The van der Waals surface area contributed by atoms with E-state index in [9.17, 15) is 9.90 Å². The van der Waals surface area contributed by atoms with Gasteiger partial charge in [0.05, 0.1) is 5.60 Å². The SMILES string of the molecule is CC(C)(CCC1=NC(C2(O)CC2)CO1)[Si](C)(C)O. The van der Waals surface area contributed by atoms with E-state index in [1.807, 2.05) is 13.1 Å². The van der Waals surface area contributed by atoms with Crippen molar-refractivity contribution in [2.45, 2.75) is 69.3 Å². The molecule has 2 N–H and O–H groups in total. The number of hydrogen-bond donors (Lipinski definition) is 2. The van der Waals surface area contributed by atoms with E-state index in [0.717, 1.165) is 31.6 Å². The zero-order valence-corrected chi connectivity index (χ0v) is 12.9. The second kappa shape index (κ2) is 4.32. The van der Waals surface area contributed by atoms with Gasteiger partial charge in [-0.3, -0.25) is 0 Å². The molecular weight excluding hydrogens is 246 g/mol. The van der Waals surface area contributed by atoms with E-state index in [1.165, 1.54) is 0 Å². The van der Waals surface area contributed by atoms with Gasteiger partial charge in [-0.25, -0.2) is 4.99 Å². The molecule has 2 rings (SSSR count). The Morgan fingerprint density at radius 2 is 2.06 bits per heavy atom. The molecule has 0 aromatic carbocycles. The summed E-state index contributed by atoms with van der Waals surface area (Å²) < 4.78 is 5.56. The third-order valence-electron chi connectivity index (χ3n) is 4.71. The molecule has 1 atom stereocenters. The largest absolute Gasteiger partial charge is 0.479 e. The van der Waals surface area contributed by atoms with Crippen molar-refractivity contribution in [2.75, 3.05) is 6.61 Å². The third kappa shape index (κ3) is 2.78. The van der Waals surface area contributed by atoms with Gasteiger partial charge in [0.1, 0.15) is 12.6 Å². The molecule has 104 valence electrons. The highest BCUT2D eigenvalue weighted by Crippen LogP contribution is 2.43. The van der Waals surface area contributed by atoms with Crippen LogP contribution in [0.5, 0.6) is 0 Å². The third-order valence-corrected chi connectivity index (χ3v) is 8.27. The van der Waals surface area contributed by atoms with Crippen LogP contribution < -0.4 is 0 Å². The molecule has 1 saturated carbocycles. The Morgan fingerprint density at radius 1 is 1.44 bits per heavy atom. The van der Waals surface area contributed by atoms with Crippen LogP contribution in [-0.2, 0) is 4.74 Å². The lowest BCUT2D eigenvalue weighted by atomic mass is 10.1. The monoisotopic (exact) mass is 271 g/mol. The van der Waals surface area contributed by atoms with Crippen LogP contribution in [0.2, 0.25) is 18.1 Å². The average molecular weight is 271 g/mol. The maximum absolute atomic E-state index is 10.2. The standard InChI is InChI=1S/C13H25NO3Si/c1-12(2,18(3,4)16)6-5-11-14-10(9-17-11)13(15)7-8-13/h10,15-16H,5-9H2,1-4H3. The zero-order valence-electron chi connectivity index (χ0n) is 11.9. The van der Waals surface area contributed by atoms with Crippen molar-refractivity contribution >= 4 is 14.2 Å². The first-order valence-corrected chi connectivity index (χ1v) is 9.73. The van der Waals surface area contributed by atoms with E-state index in [4.69, 9.17) is 4.74 Å². The average Bonchev–Trinajstić information content (AvgIpc) is 2.80. The summed E-state index contributed by atoms with van der Waals surface area (Å²) >= 11 is 0. The lowest BCUT2D eigenvalue weighted by Crippen LogP contribution is -2.39. The Hall–Kier alpha value is -0.393. The molecule has 0 saturated heterocycles. The molecule has 0 amide bonds. The molecular formula is C13H25NO3Si. The molecule has 0 bridgehead atoms. The highest BCUT2D eigenvalue weighted by Gasteiger charge is 2.50. The van der Waals surface area contributed by atoms with Crippen molar-refractivity contribution in [3.63, 3.8) is 0 Å². The van der Waals surface area contributed by atoms with Crippen molar-refractivity contribution in [3.8, 4) is 0 Å². The lowest BCUT2D eigenvalue weighted by Gasteiger charge is -2.34. The molecule has 5 heteroatoms. The number of rotatable bonds is 5. The Balaban J connectivity index is 1.88. The van der Waals surface area contributed by atoms with Crippen LogP contribution >= 0.6 is 0 Å². The number of aliphatic imine (C=N–C) groups is 1. The van der Waals surface area contributed by atoms with Crippen LogP contribution in [0.3, 0.4) is 0 Å². The molecule has 0 aromatic heterocycles. The molecule has 4 nitrogen and oxygen atoms in total. The fraction of sp³-hybridized carbons (Fsp3) is 0.923. The fourth-order valence-electron chi connectivity index (χ4n) is 2.02. The molecule has 2 aliphatic rings. The second-order valence-corrected chi connectivity index (χ2v) is 11.4. The smallest absolute Gasteiger partial charge is 0.188 e. The normalized spacial score (nSPS) is 26.8. The van der Waals surface area contributed by atoms with Crippen LogP contribution in [0.1, 0.15) is 39.5 Å². The van der Waals surface area contributed by atoms with Gasteiger partial charge in [0.15, 0.2) is 14.2 Å².